The number of carbonyl (C=O) groups excluding carboxylic acids is 2. The van der Waals surface area contributed by atoms with E-state index in [4.69, 9.17) is 0 Å². The zero-order valence-corrected chi connectivity index (χ0v) is 35.9. The number of amides is 2. The van der Waals surface area contributed by atoms with E-state index >= 15 is 0 Å². The number of hydrogen-bond donors (Lipinski definition) is 2. The van der Waals surface area contributed by atoms with E-state index in [-0.39, 0.29) is 44.9 Å². The van der Waals surface area contributed by atoms with Crippen LogP contribution in [-0.2, 0) is 44.1 Å². The summed E-state index contributed by atoms with van der Waals surface area (Å²) >= 11 is 0. The van der Waals surface area contributed by atoms with Crippen LogP contribution in [0.25, 0.3) is 0 Å². The maximum Gasteiger partial charge on any atom is 4.00 e. The number of nitrogens with one attached hydrogen (secondary N) is 2. The van der Waals surface area contributed by atoms with Crippen molar-refractivity contribution in [2.45, 2.75) is 79.1 Å². The maximum absolute atomic E-state index is 13.6. The van der Waals surface area contributed by atoms with E-state index in [0.717, 1.165) is 50.7 Å². The molecule has 0 bridgehead atoms. The van der Waals surface area contributed by atoms with Gasteiger partial charge in [-0.2, -0.15) is 36.4 Å². The minimum Gasteiger partial charge on any atom is -0.376 e. The standard InChI is InChI=1S/2C20H22F2NO.2C5H5.Ti/c2*1-20(2,13-7-6-10-15-8-4-3-5-9-15)19(24)23-18-12-11-16(21)14-17(18)22;2*1-2-4-5-3-1;/h2*3-5,8-9,11-12H,6-7,10,13H2,1-2H3,(H,23,24);2*1-5H;/q4*-1;+4. The Labute approximate surface area is 363 Å². The van der Waals surface area contributed by atoms with Gasteiger partial charge in [0, 0.05) is 34.1 Å². The zero-order chi connectivity index (χ0) is 42.2. The third kappa shape index (κ3) is 20.0. The van der Waals surface area contributed by atoms with E-state index in [1.807, 2.05) is 137 Å². The van der Waals surface area contributed by atoms with Crippen LogP contribution in [-0.4, -0.2) is 11.8 Å². The zero-order valence-electron chi connectivity index (χ0n) is 34.3. The van der Waals surface area contributed by atoms with Crippen LogP contribution in [0.4, 0.5) is 28.9 Å². The van der Waals surface area contributed by atoms with Gasteiger partial charge in [-0.05, 0) is 61.0 Å². The molecule has 0 unspecified atom stereocenters. The number of hydrogen-bond acceptors (Lipinski definition) is 2. The molecule has 0 atom stereocenters. The predicted molar refractivity (Wildman–Crippen MR) is 227 cm³/mol. The molecule has 0 saturated heterocycles. The number of unbranched alkanes of at least 4 members (excludes halogenated alkanes) is 2. The molecule has 0 aliphatic rings. The van der Waals surface area contributed by atoms with Crippen LogP contribution in [0.2, 0.25) is 0 Å². The first-order chi connectivity index (χ1) is 27.8. The van der Waals surface area contributed by atoms with Gasteiger partial charge in [-0.1, -0.05) is 101 Å². The molecule has 0 saturated carbocycles. The molecule has 2 N–H and O–H groups in total. The van der Waals surface area contributed by atoms with E-state index in [0.29, 0.717) is 12.8 Å². The van der Waals surface area contributed by atoms with Gasteiger partial charge in [-0.25, -0.2) is 41.8 Å². The van der Waals surface area contributed by atoms with Crippen molar-refractivity contribution >= 4 is 23.2 Å². The summed E-state index contributed by atoms with van der Waals surface area (Å²) in [5, 5.41) is 5.05. The minimum absolute atomic E-state index is 0. The average molecular weight is 839 g/mol. The van der Waals surface area contributed by atoms with E-state index < -0.39 is 34.1 Å². The molecule has 0 spiro atoms. The quantitative estimate of drug-likeness (QED) is 0.0497. The van der Waals surface area contributed by atoms with Gasteiger partial charge in [-0.3, -0.25) is 9.59 Å². The Morgan fingerprint density at radius 2 is 0.847 bits per heavy atom. The third-order valence-electron chi connectivity index (χ3n) is 9.28. The fraction of sp³-hybridized carbons (Fsp3) is 0.280. The Balaban J connectivity index is 0.000000323. The smallest absolute Gasteiger partial charge is 0.376 e. The first-order valence-corrected chi connectivity index (χ1v) is 19.6. The molecule has 0 radical (unpaired) electrons. The molecule has 0 fully saturated rings. The Kier molecular flexibility index (Phi) is 22.8. The van der Waals surface area contributed by atoms with E-state index in [1.54, 1.807) is 0 Å². The second-order valence-electron chi connectivity index (χ2n) is 15.1. The Hall–Kier alpha value is -5.05. The Bertz CT molecular complexity index is 1840. The topological polar surface area (TPSA) is 58.2 Å². The van der Waals surface area contributed by atoms with E-state index in [9.17, 15) is 27.2 Å². The molecule has 4 nitrogen and oxygen atoms in total. The average Bonchev–Trinajstić information content (AvgIpc) is 4.00. The van der Waals surface area contributed by atoms with Gasteiger partial charge >= 0.3 is 21.7 Å². The number of benzene rings is 4. The maximum atomic E-state index is 13.6. The number of carbonyl (C=O) groups is 2. The number of aryl methyl sites for hydroxylation is 2. The predicted octanol–water partition coefficient (Wildman–Crippen LogP) is 13.1. The number of anilines is 2. The van der Waals surface area contributed by atoms with Crippen molar-refractivity contribution in [3.05, 3.63) is 192 Å². The molecular formula is C50H54F4N2O2Ti. The van der Waals surface area contributed by atoms with Crippen LogP contribution in [0.5, 0.6) is 0 Å². The van der Waals surface area contributed by atoms with Crippen LogP contribution in [0.1, 0.15) is 77.3 Å². The molecule has 6 aromatic carbocycles. The molecule has 0 heterocycles. The summed E-state index contributed by atoms with van der Waals surface area (Å²) < 4.78 is 52.9. The third-order valence-corrected chi connectivity index (χ3v) is 9.28. The van der Waals surface area contributed by atoms with Crippen molar-refractivity contribution in [3.63, 3.8) is 0 Å². The van der Waals surface area contributed by atoms with Gasteiger partial charge in [0.2, 0.25) is 11.8 Å². The van der Waals surface area contributed by atoms with Gasteiger partial charge in [0.15, 0.2) is 0 Å². The minimum atomic E-state index is -0.886. The molecule has 0 aliphatic carbocycles. The second kappa shape index (κ2) is 26.9. The summed E-state index contributed by atoms with van der Waals surface area (Å²) in [7, 11) is 0. The molecular weight excluding hydrogens is 784 g/mol. The van der Waals surface area contributed by atoms with Gasteiger partial charge in [0.25, 0.3) is 0 Å². The fourth-order valence-electron chi connectivity index (χ4n) is 5.61. The number of halogens is 4. The van der Waals surface area contributed by atoms with Crippen LogP contribution in [0, 0.1) is 46.2 Å². The van der Waals surface area contributed by atoms with Crippen molar-refractivity contribution in [2.75, 3.05) is 10.6 Å². The summed E-state index contributed by atoms with van der Waals surface area (Å²) in [6.07, 6.45) is 7.09. The van der Waals surface area contributed by atoms with Crippen LogP contribution in [0.15, 0.2) is 146 Å². The van der Waals surface area contributed by atoms with Crippen LogP contribution < -0.4 is 10.6 Å². The first-order valence-electron chi connectivity index (χ1n) is 19.6. The monoisotopic (exact) mass is 838 g/mol. The van der Waals surface area contributed by atoms with E-state index in [2.05, 4.69) is 34.9 Å². The largest absolute Gasteiger partial charge is 4.00 e. The first kappa shape index (κ1) is 50.1. The molecule has 9 heteroatoms. The van der Waals surface area contributed by atoms with Gasteiger partial charge in [-0.15, -0.1) is 36.4 Å². The molecule has 6 rings (SSSR count). The second-order valence-corrected chi connectivity index (χ2v) is 15.1. The summed E-state index contributed by atoms with van der Waals surface area (Å²) in [4.78, 5) is 24.7. The van der Waals surface area contributed by atoms with Crippen molar-refractivity contribution in [2.24, 2.45) is 10.8 Å². The van der Waals surface area contributed by atoms with Crippen molar-refractivity contribution < 1.29 is 48.9 Å². The fourth-order valence-corrected chi connectivity index (χ4v) is 5.61. The summed E-state index contributed by atoms with van der Waals surface area (Å²) in [6.45, 7) is 7.32. The Morgan fingerprint density at radius 3 is 1.14 bits per heavy atom. The molecule has 0 aromatic heterocycles. The molecule has 59 heavy (non-hydrogen) atoms. The van der Waals surface area contributed by atoms with Crippen molar-refractivity contribution in [1.82, 2.24) is 0 Å². The summed E-state index contributed by atoms with van der Waals surface area (Å²) in [5.74, 6) is -3.90. The van der Waals surface area contributed by atoms with Crippen molar-refractivity contribution in [3.8, 4) is 0 Å². The molecule has 6 aromatic rings. The van der Waals surface area contributed by atoms with Gasteiger partial charge in [0.1, 0.15) is 0 Å². The van der Waals surface area contributed by atoms with E-state index in [1.165, 1.54) is 23.3 Å². The Morgan fingerprint density at radius 1 is 0.508 bits per heavy atom. The molecule has 2 amide bonds. The SMILES string of the molecule is CC(C)(CCCCc1ccccc1)C(=O)Nc1ccc(F)[c-]c1F.CC(C)(CCCCc1ccccc1)C(=O)Nc1ccc(F)[c-]c1F.[Ti+4].c1cc[cH-]c1.c1cc[cH-]c1. The van der Waals surface area contributed by atoms with Crippen LogP contribution >= 0.6 is 0 Å². The summed E-state index contributed by atoms with van der Waals surface area (Å²) in [5.41, 5.74) is 1.22. The molecule has 0 aliphatic heterocycles. The van der Waals surface area contributed by atoms with Gasteiger partial charge in [0.05, 0.1) is 0 Å². The van der Waals surface area contributed by atoms with Crippen LogP contribution in [0.3, 0.4) is 0 Å². The normalized spacial score (nSPS) is 10.6. The van der Waals surface area contributed by atoms with Crippen molar-refractivity contribution in [1.29, 1.82) is 0 Å². The summed E-state index contributed by atoms with van der Waals surface area (Å²) in [6, 6.07) is 48.8. The van der Waals surface area contributed by atoms with Gasteiger partial charge < -0.3 is 10.6 Å². The number of rotatable bonds is 14. The molecule has 308 valence electrons.